The quantitative estimate of drug-likeness (QED) is 0.749. The second kappa shape index (κ2) is 3.42. The second-order valence-electron chi connectivity index (χ2n) is 3.64. The number of furan rings is 1. The Balaban J connectivity index is 2.27. The molecule has 1 aliphatic rings. The molecule has 0 spiro atoms. The highest BCUT2D eigenvalue weighted by atomic mass is 16.4. The van der Waals surface area contributed by atoms with E-state index < -0.39 is 17.9 Å². The van der Waals surface area contributed by atoms with Gasteiger partial charge in [0.05, 0.1) is 5.92 Å². The maximum Gasteiger partial charge on any atom is 0.326 e. The van der Waals surface area contributed by atoms with Gasteiger partial charge in [-0.05, 0) is 19.1 Å². The first-order valence-electron chi connectivity index (χ1n) is 4.66. The van der Waals surface area contributed by atoms with Gasteiger partial charge in [0.15, 0.2) is 0 Å². The summed E-state index contributed by atoms with van der Waals surface area (Å²) >= 11 is 0. The summed E-state index contributed by atoms with van der Waals surface area (Å²) in [6.45, 7) is 1.78. The molecule has 80 valence electrons. The first kappa shape index (κ1) is 9.76. The minimum atomic E-state index is -1.03. The summed E-state index contributed by atoms with van der Waals surface area (Å²) < 4.78 is 5.34. The van der Waals surface area contributed by atoms with Crippen molar-refractivity contribution in [3.8, 4) is 0 Å². The van der Waals surface area contributed by atoms with Crippen LogP contribution in [0.5, 0.6) is 0 Å². The van der Waals surface area contributed by atoms with Gasteiger partial charge in [-0.3, -0.25) is 4.79 Å². The lowest BCUT2D eigenvalue weighted by Gasteiger charge is -2.11. The molecule has 15 heavy (non-hydrogen) atoms. The van der Waals surface area contributed by atoms with Gasteiger partial charge < -0.3 is 14.8 Å². The van der Waals surface area contributed by atoms with Crippen LogP contribution in [0.25, 0.3) is 0 Å². The molecule has 1 saturated heterocycles. The zero-order valence-electron chi connectivity index (χ0n) is 8.19. The van der Waals surface area contributed by atoms with Crippen molar-refractivity contribution in [3.05, 3.63) is 23.7 Å². The number of hydrogen-bond acceptors (Lipinski definition) is 3. The van der Waals surface area contributed by atoms with Crippen LogP contribution in [0.3, 0.4) is 0 Å². The van der Waals surface area contributed by atoms with Gasteiger partial charge in [-0.2, -0.15) is 0 Å². The van der Waals surface area contributed by atoms with Crippen LogP contribution in [-0.4, -0.2) is 23.0 Å². The molecule has 1 aliphatic heterocycles. The van der Waals surface area contributed by atoms with E-state index in [0.717, 1.165) is 0 Å². The number of hydrogen-bond donors (Lipinski definition) is 2. The lowest BCUT2D eigenvalue weighted by molar-refractivity contribution is -0.140. The minimum Gasteiger partial charge on any atom is -0.480 e. The average Bonchev–Trinajstić information content (AvgIpc) is 2.71. The number of carbonyl (C=O) groups excluding carboxylic acids is 1. The molecule has 0 saturated carbocycles. The zero-order chi connectivity index (χ0) is 11.0. The number of carboxylic acid groups (broad SMARTS) is 1. The third kappa shape index (κ3) is 1.72. The Labute approximate surface area is 86.1 Å². The summed E-state index contributed by atoms with van der Waals surface area (Å²) in [5, 5.41) is 11.3. The van der Waals surface area contributed by atoms with E-state index in [1.165, 1.54) is 0 Å². The van der Waals surface area contributed by atoms with Crippen molar-refractivity contribution in [2.75, 3.05) is 0 Å². The lowest BCUT2D eigenvalue weighted by Crippen LogP contribution is -2.35. The molecule has 5 heteroatoms. The van der Waals surface area contributed by atoms with Crippen molar-refractivity contribution in [1.29, 1.82) is 0 Å². The van der Waals surface area contributed by atoms with E-state index in [2.05, 4.69) is 5.32 Å². The Kier molecular flexibility index (Phi) is 2.22. The number of amides is 1. The van der Waals surface area contributed by atoms with Crippen LogP contribution in [0.15, 0.2) is 16.5 Å². The van der Waals surface area contributed by atoms with Gasteiger partial charge in [0.25, 0.3) is 0 Å². The zero-order valence-corrected chi connectivity index (χ0v) is 8.19. The van der Waals surface area contributed by atoms with Crippen LogP contribution in [-0.2, 0) is 9.59 Å². The van der Waals surface area contributed by atoms with Crippen LogP contribution in [0.1, 0.15) is 23.9 Å². The van der Waals surface area contributed by atoms with E-state index in [9.17, 15) is 9.59 Å². The summed E-state index contributed by atoms with van der Waals surface area (Å²) in [6.07, 6.45) is 0.171. The average molecular weight is 209 g/mol. The van der Waals surface area contributed by atoms with Gasteiger partial charge in [0.2, 0.25) is 5.91 Å². The summed E-state index contributed by atoms with van der Waals surface area (Å²) in [7, 11) is 0. The molecule has 2 rings (SSSR count). The van der Waals surface area contributed by atoms with Crippen molar-refractivity contribution in [2.24, 2.45) is 0 Å². The van der Waals surface area contributed by atoms with E-state index in [-0.39, 0.29) is 12.3 Å². The highest BCUT2D eigenvalue weighted by Crippen LogP contribution is 2.29. The van der Waals surface area contributed by atoms with Crippen LogP contribution < -0.4 is 5.32 Å². The Bertz CT molecular complexity index is 409. The second-order valence-corrected chi connectivity index (χ2v) is 3.64. The van der Waals surface area contributed by atoms with E-state index in [4.69, 9.17) is 9.52 Å². The molecule has 0 unspecified atom stereocenters. The molecule has 2 atom stereocenters. The first-order valence-corrected chi connectivity index (χ1v) is 4.66. The minimum absolute atomic E-state index is 0.171. The molecule has 1 aromatic heterocycles. The molecule has 1 aromatic rings. The van der Waals surface area contributed by atoms with Gasteiger partial charge in [0, 0.05) is 6.42 Å². The van der Waals surface area contributed by atoms with E-state index in [1.54, 1.807) is 19.1 Å². The Morgan fingerprint density at radius 2 is 2.33 bits per heavy atom. The molecule has 0 radical (unpaired) electrons. The number of nitrogens with one attached hydrogen (secondary N) is 1. The molecular formula is C10H11NO4. The standard InChI is InChI=1S/C10H11NO4/c1-5-2-3-7(15-5)6-4-8(12)11-9(6)10(13)14/h2-3,6,9H,4H2,1H3,(H,11,12)(H,13,14)/t6-,9+/m1/s1. The maximum atomic E-state index is 11.1. The summed E-state index contributed by atoms with van der Waals surface area (Å²) in [6, 6.07) is 2.61. The topological polar surface area (TPSA) is 79.5 Å². The molecule has 1 fully saturated rings. The maximum absolute atomic E-state index is 11.1. The van der Waals surface area contributed by atoms with Gasteiger partial charge in [-0.1, -0.05) is 0 Å². The van der Waals surface area contributed by atoms with Gasteiger partial charge in [0.1, 0.15) is 17.6 Å². The van der Waals surface area contributed by atoms with Gasteiger partial charge in [-0.15, -0.1) is 0 Å². The largest absolute Gasteiger partial charge is 0.480 e. The molecule has 0 bridgehead atoms. The summed E-state index contributed by atoms with van der Waals surface area (Å²) in [4.78, 5) is 22.0. The predicted molar refractivity (Wildman–Crippen MR) is 50.4 cm³/mol. The fourth-order valence-corrected chi connectivity index (χ4v) is 1.80. The molecular weight excluding hydrogens is 198 g/mol. The monoisotopic (exact) mass is 209 g/mol. The van der Waals surface area contributed by atoms with Gasteiger partial charge >= 0.3 is 5.97 Å². The molecule has 2 heterocycles. The highest BCUT2D eigenvalue weighted by molar-refractivity contribution is 5.89. The Morgan fingerprint density at radius 3 is 2.87 bits per heavy atom. The van der Waals surface area contributed by atoms with Crippen LogP contribution >= 0.6 is 0 Å². The van der Waals surface area contributed by atoms with E-state index in [1.807, 2.05) is 0 Å². The number of carboxylic acids is 1. The highest BCUT2D eigenvalue weighted by Gasteiger charge is 2.40. The van der Waals surface area contributed by atoms with Crippen molar-refractivity contribution < 1.29 is 19.1 Å². The van der Waals surface area contributed by atoms with Crippen molar-refractivity contribution >= 4 is 11.9 Å². The molecule has 2 N–H and O–H groups in total. The predicted octanol–water partition coefficient (Wildman–Crippen LogP) is 0.645. The third-order valence-corrected chi connectivity index (χ3v) is 2.52. The van der Waals surface area contributed by atoms with Crippen LogP contribution in [0, 0.1) is 6.92 Å². The van der Waals surface area contributed by atoms with Crippen molar-refractivity contribution in [2.45, 2.75) is 25.3 Å². The number of rotatable bonds is 2. The van der Waals surface area contributed by atoms with Crippen LogP contribution in [0.2, 0.25) is 0 Å². The fraction of sp³-hybridized carbons (Fsp3) is 0.400. The third-order valence-electron chi connectivity index (χ3n) is 2.52. The summed E-state index contributed by atoms with van der Waals surface area (Å²) in [5.41, 5.74) is 0. The SMILES string of the molecule is Cc1ccc([C@H]2CC(=O)N[C@@H]2C(=O)O)o1. The summed E-state index contributed by atoms with van der Waals surface area (Å²) in [5.74, 6) is -0.406. The number of aliphatic carboxylic acids is 1. The molecule has 0 aromatic carbocycles. The van der Waals surface area contributed by atoms with Crippen molar-refractivity contribution in [3.63, 3.8) is 0 Å². The van der Waals surface area contributed by atoms with Gasteiger partial charge in [-0.25, -0.2) is 4.79 Å². The van der Waals surface area contributed by atoms with Crippen molar-refractivity contribution in [1.82, 2.24) is 5.32 Å². The Hall–Kier alpha value is -1.78. The first-order chi connectivity index (χ1) is 7.08. The molecule has 0 aliphatic carbocycles. The normalized spacial score (nSPS) is 25.3. The van der Waals surface area contributed by atoms with E-state index in [0.29, 0.717) is 11.5 Å². The van der Waals surface area contributed by atoms with E-state index >= 15 is 0 Å². The lowest BCUT2D eigenvalue weighted by atomic mass is 9.98. The number of aryl methyl sites for hydroxylation is 1. The molecule has 1 amide bonds. The van der Waals surface area contributed by atoms with Crippen LogP contribution in [0.4, 0.5) is 0 Å². The molecule has 5 nitrogen and oxygen atoms in total. The Morgan fingerprint density at radius 1 is 1.60 bits per heavy atom. The fourth-order valence-electron chi connectivity index (χ4n) is 1.80. The smallest absolute Gasteiger partial charge is 0.326 e. The number of carbonyl (C=O) groups is 2.